The second-order valence-corrected chi connectivity index (χ2v) is 6.18. The Kier molecular flexibility index (Phi) is 7.37. The Bertz CT molecular complexity index is 750. The average molecular weight is 395 g/mol. The predicted octanol–water partition coefficient (Wildman–Crippen LogP) is -1.77. The van der Waals surface area contributed by atoms with Gasteiger partial charge in [-0.3, -0.25) is 9.59 Å². The van der Waals surface area contributed by atoms with Gasteiger partial charge in [-0.25, -0.2) is 14.8 Å². The molecule has 0 aliphatic carbocycles. The van der Waals surface area contributed by atoms with Crippen molar-refractivity contribution in [1.82, 2.24) is 30.6 Å². The van der Waals surface area contributed by atoms with Crippen LogP contribution in [0.3, 0.4) is 0 Å². The first kappa shape index (κ1) is 20.5. The third kappa shape index (κ3) is 6.11. The summed E-state index contributed by atoms with van der Waals surface area (Å²) in [5.74, 6) is -2.53. The third-order valence-electron chi connectivity index (χ3n) is 3.74. The van der Waals surface area contributed by atoms with Gasteiger partial charge in [0.25, 0.3) is 0 Å². The normalized spacial score (nSPS) is 14.1. The first-order valence-electron chi connectivity index (χ1n) is 8.05. The van der Waals surface area contributed by atoms with E-state index < -0.39 is 35.9 Å². The lowest BCUT2D eigenvalue weighted by Gasteiger charge is -2.22. The van der Waals surface area contributed by atoms with Crippen molar-refractivity contribution in [2.45, 2.75) is 31.0 Å². The number of thiol groups is 1. The number of aliphatic carboxylic acids is 1. The summed E-state index contributed by atoms with van der Waals surface area (Å²) >= 11 is 3.91. The number of hydrogen-bond donors (Lipinski definition) is 7. The zero-order valence-electron chi connectivity index (χ0n) is 14.3. The van der Waals surface area contributed by atoms with Gasteiger partial charge in [-0.2, -0.15) is 12.6 Å². The van der Waals surface area contributed by atoms with Crippen molar-refractivity contribution >= 4 is 30.4 Å². The molecule has 3 atom stereocenters. The Morgan fingerprint density at radius 3 is 2.07 bits per heavy atom. The highest BCUT2D eigenvalue weighted by Gasteiger charge is 2.28. The summed E-state index contributed by atoms with van der Waals surface area (Å²) in [4.78, 5) is 49.4. The molecule has 0 aliphatic heterocycles. The Morgan fingerprint density at radius 1 is 1.04 bits per heavy atom. The maximum Gasteiger partial charge on any atom is 0.327 e. The molecule has 0 radical (unpaired) electrons. The van der Waals surface area contributed by atoms with E-state index in [9.17, 15) is 14.4 Å². The number of carbonyl (C=O) groups excluding carboxylic acids is 2. The molecule has 0 aromatic carbocycles. The molecule has 2 aromatic rings. The van der Waals surface area contributed by atoms with E-state index in [0.717, 1.165) is 0 Å². The maximum absolute atomic E-state index is 12.5. The van der Waals surface area contributed by atoms with Crippen molar-refractivity contribution < 1.29 is 19.5 Å². The van der Waals surface area contributed by atoms with Gasteiger partial charge >= 0.3 is 5.97 Å². The van der Waals surface area contributed by atoms with Crippen LogP contribution in [0.15, 0.2) is 25.0 Å². The van der Waals surface area contributed by atoms with Crippen LogP contribution in [0.25, 0.3) is 0 Å². The van der Waals surface area contributed by atoms with Crippen LogP contribution >= 0.6 is 12.6 Å². The number of nitrogens with one attached hydrogen (secondary N) is 4. The first-order chi connectivity index (χ1) is 12.9. The zero-order chi connectivity index (χ0) is 19.8. The molecule has 0 spiro atoms. The number of rotatable bonds is 10. The molecule has 27 heavy (non-hydrogen) atoms. The number of nitrogens with zero attached hydrogens (tertiary/aromatic N) is 2. The van der Waals surface area contributed by atoms with Crippen LogP contribution < -0.4 is 16.4 Å². The summed E-state index contributed by atoms with van der Waals surface area (Å²) in [5.41, 5.74) is 7.16. The molecule has 0 fully saturated rings. The van der Waals surface area contributed by atoms with Gasteiger partial charge in [0.1, 0.15) is 12.1 Å². The van der Waals surface area contributed by atoms with E-state index in [4.69, 9.17) is 10.8 Å². The van der Waals surface area contributed by atoms with Crippen LogP contribution in [-0.4, -0.2) is 66.7 Å². The summed E-state index contributed by atoms with van der Waals surface area (Å²) < 4.78 is 0. The molecule has 3 unspecified atom stereocenters. The van der Waals surface area contributed by atoms with E-state index in [0.29, 0.717) is 11.4 Å². The number of imidazole rings is 2. The summed E-state index contributed by atoms with van der Waals surface area (Å²) in [7, 11) is 0. The van der Waals surface area contributed by atoms with Crippen LogP contribution in [0.2, 0.25) is 0 Å². The summed E-state index contributed by atoms with van der Waals surface area (Å²) in [6, 6.07) is -3.13. The SMILES string of the molecule is NC(Cc1cnc[nH]1)C(=O)NC(Cc1cnc[nH]1)C(=O)NC(CS)C(=O)O. The van der Waals surface area contributed by atoms with Gasteiger partial charge < -0.3 is 31.4 Å². The quantitative estimate of drug-likeness (QED) is 0.233. The topological polar surface area (TPSA) is 179 Å². The number of H-pyrrole nitrogens is 2. The highest BCUT2D eigenvalue weighted by molar-refractivity contribution is 7.80. The largest absolute Gasteiger partial charge is 0.480 e. The van der Waals surface area contributed by atoms with Crippen molar-refractivity contribution in [1.29, 1.82) is 0 Å². The summed E-state index contributed by atoms with van der Waals surface area (Å²) in [6.07, 6.45) is 6.25. The fourth-order valence-electron chi connectivity index (χ4n) is 2.29. The van der Waals surface area contributed by atoms with E-state index in [1.807, 2.05) is 0 Å². The number of carboxylic acids is 1. The van der Waals surface area contributed by atoms with Gasteiger partial charge in [0, 0.05) is 42.4 Å². The minimum atomic E-state index is -1.22. The number of aromatic amines is 2. The Morgan fingerprint density at radius 2 is 1.59 bits per heavy atom. The standard InChI is InChI=1S/C15H21N7O4S/c16-10(1-8-3-17-6-19-8)13(23)21-11(2-9-4-18-7-20-9)14(24)22-12(5-27)15(25)26/h3-4,6-7,10-12,27H,1-2,5,16H2,(H,17,19)(H,18,20)(H,21,23)(H,22,24)(H,25,26). The lowest BCUT2D eigenvalue weighted by molar-refractivity contribution is -0.141. The van der Waals surface area contributed by atoms with Crippen molar-refractivity contribution in [3.63, 3.8) is 0 Å². The predicted molar refractivity (Wildman–Crippen MR) is 97.9 cm³/mol. The van der Waals surface area contributed by atoms with Crippen molar-refractivity contribution in [2.24, 2.45) is 5.73 Å². The number of amides is 2. The monoisotopic (exact) mass is 395 g/mol. The van der Waals surface area contributed by atoms with Gasteiger partial charge in [0.2, 0.25) is 11.8 Å². The fourth-order valence-corrected chi connectivity index (χ4v) is 2.54. The van der Waals surface area contributed by atoms with Crippen LogP contribution in [0.5, 0.6) is 0 Å². The second-order valence-electron chi connectivity index (χ2n) is 5.81. The lowest BCUT2D eigenvalue weighted by Crippen LogP contribution is -2.56. The Hall–Kier alpha value is -2.86. The minimum Gasteiger partial charge on any atom is -0.480 e. The van der Waals surface area contributed by atoms with Crippen molar-refractivity contribution in [2.75, 3.05) is 5.75 Å². The molecule has 0 aliphatic rings. The fraction of sp³-hybridized carbons (Fsp3) is 0.400. The molecule has 2 aromatic heterocycles. The molecule has 12 heteroatoms. The molecule has 2 amide bonds. The highest BCUT2D eigenvalue weighted by Crippen LogP contribution is 2.03. The number of carboxylic acid groups (broad SMARTS) is 1. The number of nitrogens with two attached hydrogens (primary N) is 1. The molecule has 0 bridgehead atoms. The van der Waals surface area contributed by atoms with Gasteiger partial charge in [-0.05, 0) is 0 Å². The van der Waals surface area contributed by atoms with E-state index in [2.05, 4.69) is 43.2 Å². The highest BCUT2D eigenvalue weighted by atomic mass is 32.1. The van der Waals surface area contributed by atoms with Crippen molar-refractivity contribution in [3.05, 3.63) is 36.4 Å². The molecule has 2 rings (SSSR count). The van der Waals surface area contributed by atoms with E-state index in [1.165, 1.54) is 18.9 Å². The molecule has 0 saturated carbocycles. The van der Waals surface area contributed by atoms with Crippen LogP contribution in [0.4, 0.5) is 0 Å². The average Bonchev–Trinajstić information content (AvgIpc) is 3.32. The second kappa shape index (κ2) is 9.73. The Labute approximate surface area is 160 Å². The number of hydrogen-bond acceptors (Lipinski definition) is 7. The minimum absolute atomic E-state index is 0.0905. The molecule has 146 valence electrons. The smallest absolute Gasteiger partial charge is 0.327 e. The van der Waals surface area contributed by atoms with Crippen LogP contribution in [-0.2, 0) is 27.2 Å². The van der Waals surface area contributed by atoms with Gasteiger partial charge in [-0.15, -0.1) is 0 Å². The van der Waals surface area contributed by atoms with Gasteiger partial charge in [0.15, 0.2) is 0 Å². The zero-order valence-corrected chi connectivity index (χ0v) is 15.1. The van der Waals surface area contributed by atoms with E-state index in [1.54, 1.807) is 6.20 Å². The molecular weight excluding hydrogens is 374 g/mol. The lowest BCUT2D eigenvalue weighted by atomic mass is 10.1. The number of carbonyl (C=O) groups is 3. The van der Waals surface area contributed by atoms with Crippen LogP contribution in [0, 0.1) is 0 Å². The molecule has 2 heterocycles. The molecular formula is C15H21N7O4S. The first-order valence-corrected chi connectivity index (χ1v) is 8.68. The summed E-state index contributed by atoms with van der Waals surface area (Å²) in [6.45, 7) is 0. The van der Waals surface area contributed by atoms with Crippen molar-refractivity contribution in [3.8, 4) is 0 Å². The molecule has 0 saturated heterocycles. The molecule has 7 N–H and O–H groups in total. The maximum atomic E-state index is 12.5. The van der Waals surface area contributed by atoms with Gasteiger partial charge in [-0.1, -0.05) is 0 Å². The summed E-state index contributed by atoms with van der Waals surface area (Å²) in [5, 5.41) is 14.0. The van der Waals surface area contributed by atoms with Crippen LogP contribution in [0.1, 0.15) is 11.4 Å². The van der Waals surface area contributed by atoms with E-state index in [-0.39, 0.29) is 18.6 Å². The number of aromatic nitrogens is 4. The molecule has 11 nitrogen and oxygen atoms in total. The van der Waals surface area contributed by atoms with Gasteiger partial charge in [0.05, 0.1) is 18.7 Å². The van der Waals surface area contributed by atoms with E-state index >= 15 is 0 Å². The third-order valence-corrected chi connectivity index (χ3v) is 4.11. The Balaban J connectivity index is 2.05.